The highest BCUT2D eigenvalue weighted by Crippen LogP contribution is 2.33. The lowest BCUT2D eigenvalue weighted by molar-refractivity contribution is 0.443. The van der Waals surface area contributed by atoms with Crippen LogP contribution in [0.3, 0.4) is 0 Å². The van der Waals surface area contributed by atoms with Gasteiger partial charge in [0.25, 0.3) is 0 Å². The largest absolute Gasteiger partial charge is 0.0622 e. The summed E-state index contributed by atoms with van der Waals surface area (Å²) >= 11 is 0. The van der Waals surface area contributed by atoms with E-state index in [1.165, 1.54) is 116 Å². The first-order valence-corrected chi connectivity index (χ1v) is 25.4. The van der Waals surface area contributed by atoms with Crippen molar-refractivity contribution in [2.45, 2.75) is 72.6 Å². The summed E-state index contributed by atoms with van der Waals surface area (Å²) in [7, 11) is 0. The molecule has 0 heterocycles. The van der Waals surface area contributed by atoms with E-state index in [1.807, 2.05) is 24.3 Å². The molecule has 0 nitrogen and oxygen atoms in total. The lowest BCUT2D eigenvalue weighted by Crippen LogP contribution is -2.04. The summed E-state index contributed by atoms with van der Waals surface area (Å²) < 4.78 is 0. The van der Waals surface area contributed by atoms with Crippen LogP contribution in [0.4, 0.5) is 0 Å². The predicted molar refractivity (Wildman–Crippen MR) is 309 cm³/mol. The molecule has 0 amide bonds. The molecule has 10 aromatic carbocycles. The van der Waals surface area contributed by atoms with Crippen LogP contribution < -0.4 is 0 Å². The van der Waals surface area contributed by atoms with Crippen LogP contribution in [0.5, 0.6) is 0 Å². The maximum absolute atomic E-state index is 2.36. The molecule has 0 bridgehead atoms. The van der Waals surface area contributed by atoms with Crippen molar-refractivity contribution >= 4 is 0 Å². The summed E-state index contributed by atoms with van der Waals surface area (Å²) in [6.45, 7) is 10.7. The van der Waals surface area contributed by atoms with Crippen LogP contribution in [-0.4, -0.2) is 0 Å². The molecule has 1 aliphatic rings. The van der Waals surface area contributed by atoms with Crippen LogP contribution in [0.15, 0.2) is 267 Å². The summed E-state index contributed by atoms with van der Waals surface area (Å²) in [5, 5.41) is 0. The molecule has 11 rings (SSSR count). The normalized spacial score (nSPS) is 11.7. The molecule has 1 aliphatic carbocycles. The first-order chi connectivity index (χ1) is 34.8. The van der Waals surface area contributed by atoms with E-state index in [1.54, 1.807) is 5.56 Å². The van der Waals surface area contributed by atoms with Gasteiger partial charge in [0.05, 0.1) is 0 Å². The van der Waals surface area contributed by atoms with Gasteiger partial charge in [-0.25, -0.2) is 0 Å². The van der Waals surface area contributed by atoms with Crippen molar-refractivity contribution in [1.29, 1.82) is 0 Å². The Morgan fingerprint density at radius 1 is 0.239 bits per heavy atom. The Kier molecular flexibility index (Phi) is 19.7. The fraction of sp³-hybridized carbons (Fsp3) is 0.155. The van der Waals surface area contributed by atoms with Crippen LogP contribution in [0.1, 0.15) is 71.4 Å². The van der Waals surface area contributed by atoms with E-state index in [9.17, 15) is 0 Å². The summed E-state index contributed by atoms with van der Waals surface area (Å²) in [4.78, 5) is 0. The highest BCUT2D eigenvalue weighted by molar-refractivity contribution is 5.73. The highest BCUT2D eigenvalue weighted by atomic mass is 14.2. The van der Waals surface area contributed by atoms with Gasteiger partial charge >= 0.3 is 0 Å². The van der Waals surface area contributed by atoms with Gasteiger partial charge in [-0.1, -0.05) is 302 Å². The van der Waals surface area contributed by atoms with Crippen molar-refractivity contribution in [1.82, 2.24) is 0 Å². The molecule has 1 saturated carbocycles. The molecule has 0 aliphatic heterocycles. The Morgan fingerprint density at radius 3 is 1.07 bits per heavy atom. The minimum Gasteiger partial charge on any atom is -0.0622 e. The number of hydrogen-bond acceptors (Lipinski definition) is 0. The van der Waals surface area contributed by atoms with E-state index in [2.05, 4.69) is 277 Å². The molecule has 0 atom stereocenters. The second-order valence-corrected chi connectivity index (χ2v) is 18.7. The van der Waals surface area contributed by atoms with Gasteiger partial charge < -0.3 is 0 Å². The molecule has 0 unspecified atom stereocenters. The van der Waals surface area contributed by atoms with Gasteiger partial charge in [-0.3, -0.25) is 0 Å². The molecular weight excluding hydrogens is 853 g/mol. The third-order valence-corrected chi connectivity index (χ3v) is 13.0. The maximum atomic E-state index is 2.36. The number of benzene rings is 10. The zero-order chi connectivity index (χ0) is 49.5. The SMILES string of the molecule is Cc1ccc(-c2ccccc2)cc1.Cc1cccc(-c2cccc(-c3ccccc3)c2)c1.Cc1cccc(-c2ccccc2)c1.Cc1cccc(C2CCCCC2)c1.Cc1ccccc1-c1ccccc1. The van der Waals surface area contributed by atoms with E-state index in [4.69, 9.17) is 0 Å². The van der Waals surface area contributed by atoms with E-state index in [0.29, 0.717) is 0 Å². The predicted octanol–water partition coefficient (Wildman–Crippen LogP) is 20.4. The average Bonchev–Trinajstić information content (AvgIpc) is 3.43. The topological polar surface area (TPSA) is 0 Å². The number of rotatable bonds is 6. The lowest BCUT2D eigenvalue weighted by Gasteiger charge is -2.22. The Labute approximate surface area is 426 Å². The smallest absolute Gasteiger partial charge is 0.0155 e. The summed E-state index contributed by atoms with van der Waals surface area (Å²) in [6, 6.07) is 93.8. The molecule has 0 radical (unpaired) electrons. The minimum atomic E-state index is 0.855. The average molecular weight is 923 g/mol. The summed E-state index contributed by atoms with van der Waals surface area (Å²) in [5.41, 5.74) is 21.0. The molecule has 0 N–H and O–H groups in total. The maximum Gasteiger partial charge on any atom is -0.0155 e. The van der Waals surface area contributed by atoms with Gasteiger partial charge in [0.15, 0.2) is 0 Å². The Balaban J connectivity index is 0.000000132. The standard InChI is InChI=1S/C19H16.C13H12.C13H18.2C13H12/c1-15-7-5-10-17(13-15)19-12-6-11-18(14-19)16-8-3-2-4-9-16;1-11-7-5-6-10-13(11)12-8-3-2-4-9-12;2*1-11-6-5-9-13(10-11)12-7-3-2-4-8-12;1-11-7-9-13(10-8-11)12-5-3-2-4-6-12/h2-14H,1H3;2-10H,1H3;5-6,9-10,12H,2-4,7-8H2,1H3;2*2-10H,1H3. The van der Waals surface area contributed by atoms with Crippen molar-refractivity contribution in [2.75, 3.05) is 0 Å². The Bertz CT molecular complexity index is 3070. The van der Waals surface area contributed by atoms with Crippen LogP contribution >= 0.6 is 0 Å². The number of hydrogen-bond donors (Lipinski definition) is 0. The fourth-order valence-corrected chi connectivity index (χ4v) is 9.04. The van der Waals surface area contributed by atoms with Gasteiger partial charge in [-0.2, -0.15) is 0 Å². The van der Waals surface area contributed by atoms with Gasteiger partial charge in [0.2, 0.25) is 0 Å². The van der Waals surface area contributed by atoms with Crippen LogP contribution in [0.25, 0.3) is 55.6 Å². The molecule has 1 fully saturated rings. The quantitative estimate of drug-likeness (QED) is 0.156. The molecular formula is C71H70. The zero-order valence-corrected chi connectivity index (χ0v) is 42.5. The molecule has 0 aromatic heterocycles. The van der Waals surface area contributed by atoms with Crippen molar-refractivity contribution in [3.8, 4) is 55.6 Å². The van der Waals surface area contributed by atoms with Crippen LogP contribution in [0.2, 0.25) is 0 Å². The summed E-state index contributed by atoms with van der Waals surface area (Å²) in [6.07, 6.45) is 7.12. The Morgan fingerprint density at radius 2 is 0.592 bits per heavy atom. The monoisotopic (exact) mass is 923 g/mol. The van der Waals surface area contributed by atoms with Crippen molar-refractivity contribution in [3.05, 3.63) is 300 Å². The van der Waals surface area contributed by atoms with E-state index in [0.717, 1.165) is 5.92 Å². The number of aryl methyl sites for hydroxylation is 5. The third-order valence-electron chi connectivity index (χ3n) is 13.0. The third kappa shape index (κ3) is 16.4. The van der Waals surface area contributed by atoms with Gasteiger partial charge in [-0.05, 0) is 126 Å². The summed E-state index contributed by atoms with van der Waals surface area (Å²) in [5.74, 6) is 0.855. The van der Waals surface area contributed by atoms with Gasteiger partial charge in [0.1, 0.15) is 0 Å². The fourth-order valence-electron chi connectivity index (χ4n) is 9.04. The molecule has 0 spiro atoms. The highest BCUT2D eigenvalue weighted by Gasteiger charge is 2.15. The Hall–Kier alpha value is -7.80. The van der Waals surface area contributed by atoms with Crippen molar-refractivity contribution < 1.29 is 0 Å². The van der Waals surface area contributed by atoms with E-state index >= 15 is 0 Å². The zero-order valence-electron chi connectivity index (χ0n) is 42.5. The van der Waals surface area contributed by atoms with Gasteiger partial charge in [0, 0.05) is 0 Å². The van der Waals surface area contributed by atoms with Crippen molar-refractivity contribution in [3.63, 3.8) is 0 Å². The van der Waals surface area contributed by atoms with E-state index < -0.39 is 0 Å². The van der Waals surface area contributed by atoms with Gasteiger partial charge in [-0.15, -0.1) is 0 Å². The van der Waals surface area contributed by atoms with Crippen LogP contribution in [0, 0.1) is 34.6 Å². The second-order valence-electron chi connectivity index (χ2n) is 18.7. The lowest BCUT2D eigenvalue weighted by atomic mass is 9.84. The first-order valence-electron chi connectivity index (χ1n) is 25.4. The first kappa shape index (κ1) is 51.1. The minimum absolute atomic E-state index is 0.855. The van der Waals surface area contributed by atoms with Crippen molar-refractivity contribution in [2.24, 2.45) is 0 Å². The second kappa shape index (κ2) is 27.4. The molecule has 0 saturated heterocycles. The van der Waals surface area contributed by atoms with E-state index in [-0.39, 0.29) is 0 Å². The molecule has 354 valence electrons. The molecule has 10 aromatic rings. The van der Waals surface area contributed by atoms with Crippen LogP contribution in [-0.2, 0) is 0 Å². The molecule has 71 heavy (non-hydrogen) atoms. The molecule has 0 heteroatoms.